The summed E-state index contributed by atoms with van der Waals surface area (Å²) in [5, 5.41) is 8.72. The predicted molar refractivity (Wildman–Crippen MR) is 76.0 cm³/mol. The number of benzene rings is 1. The van der Waals surface area contributed by atoms with E-state index in [2.05, 4.69) is 24.8 Å². The van der Waals surface area contributed by atoms with Crippen LogP contribution in [0.25, 0.3) is 0 Å². The van der Waals surface area contributed by atoms with Crippen LogP contribution in [-0.4, -0.2) is 31.1 Å². The molecule has 2 rings (SSSR count). The van der Waals surface area contributed by atoms with Crippen molar-refractivity contribution in [2.75, 3.05) is 26.2 Å². The van der Waals surface area contributed by atoms with Gasteiger partial charge >= 0.3 is 0 Å². The number of likely N-dealkylation sites (tertiary alicyclic amines) is 1. The van der Waals surface area contributed by atoms with Crippen LogP contribution in [-0.2, 0) is 0 Å². The molecule has 1 fully saturated rings. The molecule has 1 unspecified atom stereocenters. The first-order chi connectivity index (χ1) is 9.19. The lowest BCUT2D eigenvalue weighted by molar-refractivity contribution is 0.227. The molecule has 1 heterocycles. The van der Waals surface area contributed by atoms with Crippen LogP contribution in [0.2, 0.25) is 0 Å². The summed E-state index contributed by atoms with van der Waals surface area (Å²) >= 11 is 0. The zero-order chi connectivity index (χ0) is 13.7. The van der Waals surface area contributed by atoms with Gasteiger partial charge < -0.3 is 4.74 Å². The average molecular weight is 258 g/mol. The molecule has 19 heavy (non-hydrogen) atoms. The summed E-state index contributed by atoms with van der Waals surface area (Å²) in [5.41, 5.74) is 0.673. The Morgan fingerprint density at radius 2 is 2.11 bits per heavy atom. The lowest BCUT2D eigenvalue weighted by atomic mass is 9.95. The fourth-order valence-corrected chi connectivity index (χ4v) is 2.53. The van der Waals surface area contributed by atoms with E-state index in [-0.39, 0.29) is 0 Å². The zero-order valence-corrected chi connectivity index (χ0v) is 11.8. The molecule has 0 saturated carbocycles. The number of ether oxygens (including phenoxy) is 1. The van der Waals surface area contributed by atoms with Gasteiger partial charge in [0.25, 0.3) is 0 Å². The molecule has 1 aliphatic rings. The molecule has 0 N–H and O–H groups in total. The normalized spacial score (nSPS) is 19.6. The van der Waals surface area contributed by atoms with Gasteiger partial charge in [0.05, 0.1) is 11.6 Å². The van der Waals surface area contributed by atoms with Gasteiger partial charge in [-0.2, -0.15) is 5.26 Å². The van der Waals surface area contributed by atoms with Crippen LogP contribution < -0.4 is 4.74 Å². The summed E-state index contributed by atoms with van der Waals surface area (Å²) in [4.78, 5) is 2.48. The molecule has 1 aromatic rings. The highest BCUT2D eigenvalue weighted by molar-refractivity contribution is 5.34. The molecule has 1 saturated heterocycles. The Kier molecular flexibility index (Phi) is 4.81. The van der Waals surface area contributed by atoms with E-state index < -0.39 is 0 Å². The van der Waals surface area contributed by atoms with Crippen molar-refractivity contribution >= 4 is 0 Å². The van der Waals surface area contributed by atoms with Crippen molar-refractivity contribution in [2.24, 2.45) is 11.8 Å². The van der Waals surface area contributed by atoms with Crippen molar-refractivity contribution in [1.82, 2.24) is 4.90 Å². The summed E-state index contributed by atoms with van der Waals surface area (Å²) in [6, 6.07) is 9.41. The van der Waals surface area contributed by atoms with E-state index in [1.54, 1.807) is 12.1 Å². The molecule has 0 bridgehead atoms. The summed E-state index contributed by atoms with van der Waals surface area (Å²) in [5.74, 6) is 2.47. The van der Waals surface area contributed by atoms with E-state index in [1.165, 1.54) is 19.5 Å². The van der Waals surface area contributed by atoms with Gasteiger partial charge in [0.2, 0.25) is 0 Å². The van der Waals surface area contributed by atoms with E-state index in [1.807, 2.05) is 12.1 Å². The maximum atomic E-state index is 8.72. The molecule has 0 aliphatic carbocycles. The quantitative estimate of drug-likeness (QED) is 0.814. The van der Waals surface area contributed by atoms with Crippen LogP contribution in [0.4, 0.5) is 0 Å². The number of hydrogen-bond donors (Lipinski definition) is 0. The predicted octanol–water partition coefficient (Wildman–Crippen LogP) is 2.91. The van der Waals surface area contributed by atoms with Crippen molar-refractivity contribution in [2.45, 2.75) is 20.3 Å². The van der Waals surface area contributed by atoms with Crippen LogP contribution in [0, 0.1) is 23.2 Å². The smallest absolute Gasteiger partial charge is 0.119 e. The second kappa shape index (κ2) is 6.58. The topological polar surface area (TPSA) is 36.3 Å². The van der Waals surface area contributed by atoms with Crippen LogP contribution in [0.5, 0.6) is 5.75 Å². The molecule has 3 heteroatoms. The SMILES string of the molecule is CC(C)C1CCN(CCOc2ccc(C#N)cc2)C1. The van der Waals surface area contributed by atoms with E-state index in [9.17, 15) is 0 Å². The number of rotatable bonds is 5. The maximum absolute atomic E-state index is 8.72. The van der Waals surface area contributed by atoms with Crippen LogP contribution in [0.3, 0.4) is 0 Å². The van der Waals surface area contributed by atoms with Crippen molar-refractivity contribution < 1.29 is 4.74 Å². The summed E-state index contributed by atoms with van der Waals surface area (Å²) in [7, 11) is 0. The second-order valence-corrected chi connectivity index (χ2v) is 5.58. The minimum atomic E-state index is 0.673. The Morgan fingerprint density at radius 3 is 2.68 bits per heavy atom. The lowest BCUT2D eigenvalue weighted by Crippen LogP contribution is -2.27. The zero-order valence-electron chi connectivity index (χ0n) is 11.8. The molecule has 1 aliphatic heterocycles. The first-order valence-electron chi connectivity index (χ1n) is 7.04. The van der Waals surface area contributed by atoms with Crippen LogP contribution in [0.1, 0.15) is 25.8 Å². The van der Waals surface area contributed by atoms with Crippen LogP contribution in [0.15, 0.2) is 24.3 Å². The molecule has 1 atom stereocenters. The first kappa shape index (κ1) is 13.9. The van der Waals surface area contributed by atoms with Crippen molar-refractivity contribution in [3.05, 3.63) is 29.8 Å². The van der Waals surface area contributed by atoms with E-state index in [0.29, 0.717) is 5.56 Å². The highest BCUT2D eigenvalue weighted by Crippen LogP contribution is 2.23. The number of nitrogens with zero attached hydrogens (tertiary/aromatic N) is 2. The molecular weight excluding hydrogens is 236 g/mol. The Hall–Kier alpha value is -1.53. The molecule has 1 aromatic carbocycles. The Labute approximate surface area is 115 Å². The highest BCUT2D eigenvalue weighted by Gasteiger charge is 2.24. The fraction of sp³-hybridized carbons (Fsp3) is 0.562. The first-order valence-corrected chi connectivity index (χ1v) is 7.04. The Bertz CT molecular complexity index is 433. The molecule has 0 aromatic heterocycles. The van der Waals surface area contributed by atoms with Gasteiger partial charge in [0.1, 0.15) is 12.4 Å². The Morgan fingerprint density at radius 1 is 1.37 bits per heavy atom. The van der Waals surface area contributed by atoms with E-state index in [4.69, 9.17) is 10.00 Å². The third kappa shape index (κ3) is 3.97. The number of nitriles is 1. The second-order valence-electron chi connectivity index (χ2n) is 5.58. The van der Waals surface area contributed by atoms with Crippen LogP contribution >= 0.6 is 0 Å². The monoisotopic (exact) mass is 258 g/mol. The van der Waals surface area contributed by atoms with Gasteiger partial charge in [-0.15, -0.1) is 0 Å². The molecule has 0 amide bonds. The minimum Gasteiger partial charge on any atom is -0.492 e. The van der Waals surface area contributed by atoms with Gasteiger partial charge in [-0.1, -0.05) is 13.8 Å². The summed E-state index contributed by atoms with van der Waals surface area (Å²) in [6.07, 6.45) is 1.31. The molecule has 102 valence electrons. The third-order valence-electron chi connectivity index (χ3n) is 3.91. The van der Waals surface area contributed by atoms with Crippen molar-refractivity contribution in [3.8, 4) is 11.8 Å². The van der Waals surface area contributed by atoms with Crippen molar-refractivity contribution in [3.63, 3.8) is 0 Å². The molecular formula is C16H22N2O. The largest absolute Gasteiger partial charge is 0.492 e. The summed E-state index contributed by atoms with van der Waals surface area (Å²) < 4.78 is 5.71. The van der Waals surface area contributed by atoms with Gasteiger partial charge in [-0.05, 0) is 49.1 Å². The van der Waals surface area contributed by atoms with Gasteiger partial charge in [0.15, 0.2) is 0 Å². The Balaban J connectivity index is 1.71. The maximum Gasteiger partial charge on any atom is 0.119 e. The van der Waals surface area contributed by atoms with Gasteiger partial charge in [-0.25, -0.2) is 0 Å². The third-order valence-corrected chi connectivity index (χ3v) is 3.91. The molecule has 3 nitrogen and oxygen atoms in total. The highest BCUT2D eigenvalue weighted by atomic mass is 16.5. The lowest BCUT2D eigenvalue weighted by Gasteiger charge is -2.18. The standard InChI is InChI=1S/C16H22N2O/c1-13(2)15-7-8-18(12-15)9-10-19-16-5-3-14(11-17)4-6-16/h3-6,13,15H,7-10,12H2,1-2H3. The average Bonchev–Trinajstić information content (AvgIpc) is 2.89. The summed E-state index contributed by atoms with van der Waals surface area (Å²) in [6.45, 7) is 8.72. The molecule has 0 spiro atoms. The van der Waals surface area contributed by atoms with E-state index >= 15 is 0 Å². The molecule has 0 radical (unpaired) electrons. The van der Waals surface area contributed by atoms with Gasteiger partial charge in [0, 0.05) is 13.1 Å². The van der Waals surface area contributed by atoms with E-state index in [0.717, 1.165) is 30.7 Å². The van der Waals surface area contributed by atoms with Gasteiger partial charge in [-0.3, -0.25) is 4.90 Å². The van der Waals surface area contributed by atoms with Crippen molar-refractivity contribution in [1.29, 1.82) is 5.26 Å². The fourth-order valence-electron chi connectivity index (χ4n) is 2.53. The number of hydrogen-bond acceptors (Lipinski definition) is 3. The minimum absolute atomic E-state index is 0.673.